The number of hydrogen-bond acceptors (Lipinski definition) is 3. The Labute approximate surface area is 256 Å². The highest BCUT2D eigenvalue weighted by atomic mass is 16.3. The van der Waals surface area contributed by atoms with Crippen LogP contribution in [-0.4, -0.2) is 4.98 Å². The summed E-state index contributed by atoms with van der Waals surface area (Å²) in [4.78, 5) is 6.55. The summed E-state index contributed by atoms with van der Waals surface area (Å²) >= 11 is 0. The highest BCUT2D eigenvalue weighted by molar-refractivity contribution is 6.06. The second-order valence-electron chi connectivity index (χ2n) is 10.9. The van der Waals surface area contributed by atoms with Crippen LogP contribution in [0.5, 0.6) is 0 Å². The van der Waals surface area contributed by atoms with Gasteiger partial charge in [-0.25, -0.2) is 0 Å². The van der Waals surface area contributed by atoms with E-state index < -0.39 is 0 Å². The van der Waals surface area contributed by atoms with Gasteiger partial charge in [0, 0.05) is 34.0 Å². The number of nitrogens with zero attached hydrogens (tertiary/aromatic N) is 2. The van der Waals surface area contributed by atoms with Crippen LogP contribution in [0.3, 0.4) is 0 Å². The molecule has 0 unspecified atom stereocenters. The average molecular weight is 565 g/mol. The summed E-state index contributed by atoms with van der Waals surface area (Å²) < 4.78 is 6.08. The molecule has 0 N–H and O–H groups in total. The topological polar surface area (TPSA) is 29.3 Å². The standard InChI is InChI=1S/C41H28N2O/c1-3-7-29(8-4-1)31-11-13-32(14-12-31)34-17-21-36(22-18-34)43(35-19-15-33(16-20-35)30-9-5-2-6-10-30)37-23-24-40-39(27-37)38-25-26-42-28-41(38)44-40/h1-28H. The maximum atomic E-state index is 6.08. The Kier molecular flexibility index (Phi) is 6.47. The first-order valence-electron chi connectivity index (χ1n) is 14.8. The van der Waals surface area contributed by atoms with Crippen molar-refractivity contribution in [2.24, 2.45) is 0 Å². The minimum Gasteiger partial charge on any atom is -0.454 e. The van der Waals surface area contributed by atoms with Crippen LogP contribution in [0.4, 0.5) is 17.1 Å². The van der Waals surface area contributed by atoms with E-state index >= 15 is 0 Å². The number of benzene rings is 6. The van der Waals surface area contributed by atoms with E-state index in [1.54, 1.807) is 6.20 Å². The molecule has 0 spiro atoms. The number of hydrogen-bond donors (Lipinski definition) is 0. The zero-order valence-corrected chi connectivity index (χ0v) is 24.0. The third-order valence-electron chi connectivity index (χ3n) is 8.20. The van der Waals surface area contributed by atoms with Gasteiger partial charge in [0.05, 0.1) is 6.20 Å². The van der Waals surface area contributed by atoms with E-state index in [1.807, 2.05) is 24.4 Å². The molecule has 2 aromatic heterocycles. The van der Waals surface area contributed by atoms with Gasteiger partial charge < -0.3 is 9.32 Å². The lowest BCUT2D eigenvalue weighted by atomic mass is 10.00. The molecule has 0 aliphatic heterocycles. The van der Waals surface area contributed by atoms with Crippen molar-refractivity contribution in [3.63, 3.8) is 0 Å². The Morgan fingerprint density at radius 1 is 0.386 bits per heavy atom. The first-order chi connectivity index (χ1) is 21.8. The van der Waals surface area contributed by atoms with Gasteiger partial charge in [0.25, 0.3) is 0 Å². The summed E-state index contributed by atoms with van der Waals surface area (Å²) in [6, 6.07) is 55.8. The molecule has 0 aliphatic carbocycles. The Hall–Kier alpha value is -5.93. The third kappa shape index (κ3) is 4.81. The molecule has 0 radical (unpaired) electrons. The molecule has 3 heteroatoms. The monoisotopic (exact) mass is 564 g/mol. The summed E-state index contributed by atoms with van der Waals surface area (Å²) in [6.45, 7) is 0. The summed E-state index contributed by atoms with van der Waals surface area (Å²) in [5.41, 5.74) is 12.1. The van der Waals surface area contributed by atoms with Crippen molar-refractivity contribution in [2.75, 3.05) is 4.90 Å². The van der Waals surface area contributed by atoms with Gasteiger partial charge in [0.15, 0.2) is 5.58 Å². The second-order valence-corrected chi connectivity index (χ2v) is 10.9. The van der Waals surface area contributed by atoms with E-state index in [2.05, 4.69) is 149 Å². The van der Waals surface area contributed by atoms with Crippen LogP contribution in [0, 0.1) is 0 Å². The fourth-order valence-electron chi connectivity index (χ4n) is 5.93. The van der Waals surface area contributed by atoms with Crippen LogP contribution in [0.1, 0.15) is 0 Å². The molecule has 8 rings (SSSR count). The van der Waals surface area contributed by atoms with Crippen molar-refractivity contribution in [3.8, 4) is 33.4 Å². The average Bonchev–Trinajstić information content (AvgIpc) is 3.48. The quantitative estimate of drug-likeness (QED) is 0.201. The van der Waals surface area contributed by atoms with Crippen LogP contribution in [0.25, 0.3) is 55.3 Å². The van der Waals surface area contributed by atoms with Crippen LogP contribution < -0.4 is 4.90 Å². The van der Waals surface area contributed by atoms with Crippen molar-refractivity contribution in [3.05, 3.63) is 170 Å². The highest BCUT2D eigenvalue weighted by Gasteiger charge is 2.16. The van der Waals surface area contributed by atoms with E-state index in [0.717, 1.165) is 39.0 Å². The summed E-state index contributed by atoms with van der Waals surface area (Å²) in [6.07, 6.45) is 3.59. The van der Waals surface area contributed by atoms with Gasteiger partial charge in [-0.3, -0.25) is 4.98 Å². The molecule has 0 atom stereocenters. The smallest absolute Gasteiger partial charge is 0.153 e. The van der Waals surface area contributed by atoms with E-state index in [1.165, 1.54) is 33.4 Å². The fourth-order valence-corrected chi connectivity index (χ4v) is 5.93. The predicted molar refractivity (Wildman–Crippen MR) is 183 cm³/mol. The molecular weight excluding hydrogens is 536 g/mol. The largest absolute Gasteiger partial charge is 0.454 e. The number of anilines is 3. The number of aromatic nitrogens is 1. The molecule has 0 saturated carbocycles. The van der Waals surface area contributed by atoms with Crippen LogP contribution >= 0.6 is 0 Å². The Balaban J connectivity index is 1.18. The molecule has 2 heterocycles. The Morgan fingerprint density at radius 2 is 0.841 bits per heavy atom. The lowest BCUT2D eigenvalue weighted by molar-refractivity contribution is 0.667. The van der Waals surface area contributed by atoms with Crippen molar-refractivity contribution in [1.29, 1.82) is 0 Å². The molecule has 0 amide bonds. The second kappa shape index (κ2) is 11.0. The maximum Gasteiger partial charge on any atom is 0.153 e. The molecule has 0 saturated heterocycles. The molecule has 0 fully saturated rings. The molecule has 3 nitrogen and oxygen atoms in total. The van der Waals surface area contributed by atoms with Crippen LogP contribution in [-0.2, 0) is 0 Å². The molecule has 0 aliphatic rings. The Bertz CT molecular complexity index is 2180. The van der Waals surface area contributed by atoms with Gasteiger partial charge in [-0.05, 0) is 81.9 Å². The number of pyridine rings is 1. The number of rotatable bonds is 6. The van der Waals surface area contributed by atoms with Crippen molar-refractivity contribution < 1.29 is 4.42 Å². The van der Waals surface area contributed by atoms with Gasteiger partial charge >= 0.3 is 0 Å². The molecule has 6 aromatic carbocycles. The van der Waals surface area contributed by atoms with Gasteiger partial charge in [-0.2, -0.15) is 0 Å². The van der Waals surface area contributed by atoms with Gasteiger partial charge in [-0.15, -0.1) is 0 Å². The highest BCUT2D eigenvalue weighted by Crippen LogP contribution is 2.39. The van der Waals surface area contributed by atoms with Crippen molar-refractivity contribution in [1.82, 2.24) is 4.98 Å². The molecular formula is C41H28N2O. The molecule has 44 heavy (non-hydrogen) atoms. The minimum absolute atomic E-state index is 0.793. The summed E-state index contributed by atoms with van der Waals surface area (Å²) in [5.74, 6) is 0. The van der Waals surface area contributed by atoms with Crippen molar-refractivity contribution >= 4 is 39.0 Å². The van der Waals surface area contributed by atoms with Gasteiger partial charge in [-0.1, -0.05) is 109 Å². The zero-order valence-electron chi connectivity index (χ0n) is 24.0. The summed E-state index contributed by atoms with van der Waals surface area (Å²) in [7, 11) is 0. The van der Waals surface area contributed by atoms with Gasteiger partial charge in [0.2, 0.25) is 0 Å². The van der Waals surface area contributed by atoms with Crippen molar-refractivity contribution in [2.45, 2.75) is 0 Å². The number of furan rings is 1. The zero-order chi connectivity index (χ0) is 29.3. The fraction of sp³-hybridized carbons (Fsp3) is 0. The SMILES string of the molecule is c1ccc(-c2ccc(-c3ccc(N(c4ccc(-c5ccccc5)cc4)c4ccc5oc6cnccc6c5c4)cc3)cc2)cc1. The molecule has 0 bridgehead atoms. The van der Waals surface area contributed by atoms with E-state index in [4.69, 9.17) is 4.42 Å². The Morgan fingerprint density at radius 3 is 1.36 bits per heavy atom. The van der Waals surface area contributed by atoms with Crippen LogP contribution in [0.15, 0.2) is 175 Å². The molecule has 208 valence electrons. The van der Waals surface area contributed by atoms with E-state index in [-0.39, 0.29) is 0 Å². The van der Waals surface area contributed by atoms with E-state index in [0.29, 0.717) is 0 Å². The minimum atomic E-state index is 0.793. The van der Waals surface area contributed by atoms with Gasteiger partial charge in [0.1, 0.15) is 5.58 Å². The first kappa shape index (κ1) is 25.8. The number of fused-ring (bicyclic) bond motifs is 3. The maximum absolute atomic E-state index is 6.08. The first-order valence-corrected chi connectivity index (χ1v) is 14.8. The third-order valence-corrected chi connectivity index (χ3v) is 8.20. The molecule has 8 aromatic rings. The lowest BCUT2D eigenvalue weighted by Crippen LogP contribution is -2.09. The normalized spacial score (nSPS) is 11.2. The van der Waals surface area contributed by atoms with Crippen LogP contribution in [0.2, 0.25) is 0 Å². The van der Waals surface area contributed by atoms with E-state index in [9.17, 15) is 0 Å². The predicted octanol–water partition coefficient (Wildman–Crippen LogP) is 11.5. The summed E-state index contributed by atoms with van der Waals surface area (Å²) in [5, 5.41) is 2.13. The lowest BCUT2D eigenvalue weighted by Gasteiger charge is -2.26.